The van der Waals surface area contributed by atoms with Crippen LogP contribution in [-0.2, 0) is 16.6 Å². The maximum atomic E-state index is 12.5. The molecule has 0 saturated heterocycles. The highest BCUT2D eigenvalue weighted by Crippen LogP contribution is 2.29. The Morgan fingerprint density at radius 1 is 1.21 bits per heavy atom. The van der Waals surface area contributed by atoms with Gasteiger partial charge in [-0.05, 0) is 36.6 Å². The number of hydrogen-bond donors (Lipinski definition) is 1. The molecule has 150 valence electrons. The number of sulfonamides is 1. The fourth-order valence-electron chi connectivity index (χ4n) is 2.53. The van der Waals surface area contributed by atoms with Crippen molar-refractivity contribution in [3.8, 4) is 16.3 Å². The van der Waals surface area contributed by atoms with Crippen LogP contribution in [0, 0.1) is 6.92 Å². The Kier molecular flexibility index (Phi) is 5.77. The number of aromatic nitrogens is 2. The van der Waals surface area contributed by atoms with Crippen LogP contribution in [-0.4, -0.2) is 31.1 Å². The van der Waals surface area contributed by atoms with E-state index in [1.54, 1.807) is 4.68 Å². The van der Waals surface area contributed by atoms with Crippen molar-refractivity contribution in [2.24, 2.45) is 0 Å². The summed E-state index contributed by atoms with van der Waals surface area (Å²) in [5.74, 6) is -0.780. The highest BCUT2D eigenvalue weighted by Gasteiger charge is 2.33. The summed E-state index contributed by atoms with van der Waals surface area (Å²) in [6, 6.07) is 10.3. The van der Waals surface area contributed by atoms with Crippen molar-refractivity contribution in [3.63, 3.8) is 0 Å². The van der Waals surface area contributed by atoms with Gasteiger partial charge in [0.1, 0.15) is 16.3 Å². The van der Waals surface area contributed by atoms with Crippen LogP contribution in [0.3, 0.4) is 0 Å². The lowest BCUT2D eigenvalue weighted by Crippen LogP contribution is -2.29. The maximum absolute atomic E-state index is 12.5. The van der Waals surface area contributed by atoms with Crippen molar-refractivity contribution in [1.82, 2.24) is 14.5 Å². The Morgan fingerprint density at radius 3 is 2.64 bits per heavy atom. The van der Waals surface area contributed by atoms with Crippen LogP contribution in [0.4, 0.5) is 13.2 Å². The smallest absolute Gasteiger partial charge is 0.404 e. The molecule has 2 heterocycles. The average Bonchev–Trinajstić information content (AvgIpc) is 3.24. The van der Waals surface area contributed by atoms with Crippen molar-refractivity contribution < 1.29 is 26.3 Å². The minimum atomic E-state index is -4.99. The highest BCUT2D eigenvalue weighted by molar-refractivity contribution is 7.89. The van der Waals surface area contributed by atoms with Crippen LogP contribution in [0.2, 0.25) is 0 Å². The number of ether oxygens (including phenoxy) is 1. The average molecular weight is 431 g/mol. The number of hydrogen-bond acceptors (Lipinski definition) is 5. The number of alkyl halides is 3. The van der Waals surface area contributed by atoms with Gasteiger partial charge in [0.05, 0.1) is 11.4 Å². The minimum Gasteiger partial charge on any atom is -0.404 e. The lowest BCUT2D eigenvalue weighted by Gasteiger charge is -2.14. The van der Waals surface area contributed by atoms with E-state index in [9.17, 15) is 21.6 Å². The fourth-order valence-corrected chi connectivity index (χ4v) is 4.36. The number of rotatable bonds is 7. The molecule has 0 spiro atoms. The second-order valence-corrected chi connectivity index (χ2v) is 8.45. The van der Waals surface area contributed by atoms with E-state index in [0.717, 1.165) is 28.4 Å². The van der Waals surface area contributed by atoms with E-state index in [-0.39, 0.29) is 13.1 Å². The van der Waals surface area contributed by atoms with E-state index < -0.39 is 27.0 Å². The van der Waals surface area contributed by atoms with E-state index in [1.807, 2.05) is 30.5 Å². The largest absolute Gasteiger partial charge is 0.573 e. The van der Waals surface area contributed by atoms with Crippen molar-refractivity contribution in [2.75, 3.05) is 6.54 Å². The van der Waals surface area contributed by atoms with Crippen LogP contribution in [0.1, 0.15) is 5.69 Å². The summed E-state index contributed by atoms with van der Waals surface area (Å²) in [4.78, 5) is 0.407. The monoisotopic (exact) mass is 431 g/mol. The third kappa shape index (κ3) is 4.91. The Bertz CT molecular complexity index is 1050. The minimum absolute atomic E-state index is 0.0465. The molecule has 0 unspecified atom stereocenters. The molecule has 3 aromatic rings. The van der Waals surface area contributed by atoms with Crippen LogP contribution < -0.4 is 9.46 Å². The van der Waals surface area contributed by atoms with Crippen LogP contribution in [0.5, 0.6) is 5.75 Å². The van der Waals surface area contributed by atoms with Crippen molar-refractivity contribution in [1.29, 1.82) is 0 Å². The molecule has 11 heteroatoms. The Labute approximate surface area is 163 Å². The quantitative estimate of drug-likeness (QED) is 0.618. The summed E-state index contributed by atoms with van der Waals surface area (Å²) in [7, 11) is -4.20. The standard InChI is InChI=1S/C17H16F3N3O3S2/c1-12-11-13(15-6-4-10-27-15)22-23(12)9-8-21-28(24,25)16-7-3-2-5-14(16)26-17(18,19)20/h2-7,10-11,21H,8-9H2,1H3. The van der Waals surface area contributed by atoms with Crippen molar-refractivity contribution >= 4 is 21.4 Å². The zero-order valence-corrected chi connectivity index (χ0v) is 16.2. The summed E-state index contributed by atoms with van der Waals surface area (Å²) >= 11 is 1.54. The Morgan fingerprint density at radius 2 is 1.96 bits per heavy atom. The second kappa shape index (κ2) is 7.94. The van der Waals surface area contributed by atoms with Crippen molar-refractivity contribution in [3.05, 3.63) is 53.5 Å². The van der Waals surface area contributed by atoms with Gasteiger partial charge in [0.25, 0.3) is 0 Å². The number of halogens is 3. The number of nitrogens with one attached hydrogen (secondary N) is 1. The van der Waals surface area contributed by atoms with Gasteiger partial charge in [0.15, 0.2) is 0 Å². The highest BCUT2D eigenvalue weighted by atomic mass is 32.2. The van der Waals surface area contributed by atoms with Gasteiger partial charge < -0.3 is 4.74 Å². The molecular weight excluding hydrogens is 415 g/mol. The lowest BCUT2D eigenvalue weighted by atomic mass is 10.3. The molecule has 3 rings (SSSR count). The zero-order chi connectivity index (χ0) is 20.4. The fraction of sp³-hybridized carbons (Fsp3) is 0.235. The number of benzene rings is 1. The summed E-state index contributed by atoms with van der Waals surface area (Å²) < 4.78 is 70.1. The van der Waals surface area contributed by atoms with Gasteiger partial charge in [-0.15, -0.1) is 24.5 Å². The van der Waals surface area contributed by atoms with E-state index >= 15 is 0 Å². The van der Waals surface area contributed by atoms with E-state index in [0.29, 0.717) is 0 Å². The van der Waals surface area contributed by atoms with Crippen molar-refractivity contribution in [2.45, 2.75) is 24.7 Å². The third-order valence-corrected chi connectivity index (χ3v) is 6.13. The molecule has 0 aliphatic rings. The Hall–Kier alpha value is -2.37. The molecule has 28 heavy (non-hydrogen) atoms. The molecule has 1 aromatic carbocycles. The van der Waals surface area contributed by atoms with Gasteiger partial charge in [-0.3, -0.25) is 4.68 Å². The molecule has 0 saturated carbocycles. The molecular formula is C17H16F3N3O3S2. The number of aryl methyl sites for hydroxylation is 1. The first kappa shape index (κ1) is 20.4. The molecule has 1 N–H and O–H groups in total. The van der Waals surface area contributed by atoms with E-state index in [1.165, 1.54) is 23.5 Å². The molecule has 0 radical (unpaired) electrons. The molecule has 6 nitrogen and oxygen atoms in total. The van der Waals surface area contributed by atoms with Gasteiger partial charge >= 0.3 is 6.36 Å². The summed E-state index contributed by atoms with van der Waals surface area (Å²) in [5, 5.41) is 6.36. The predicted octanol–water partition coefficient (Wildman–Crippen LogP) is 3.80. The molecule has 2 aromatic heterocycles. The van der Waals surface area contributed by atoms with Gasteiger partial charge in [-0.2, -0.15) is 5.10 Å². The van der Waals surface area contributed by atoms with Gasteiger partial charge in [-0.25, -0.2) is 13.1 Å². The van der Waals surface area contributed by atoms with E-state index in [2.05, 4.69) is 14.6 Å². The predicted molar refractivity (Wildman–Crippen MR) is 98.6 cm³/mol. The topological polar surface area (TPSA) is 73.2 Å². The molecule has 0 amide bonds. The molecule has 0 bridgehead atoms. The maximum Gasteiger partial charge on any atom is 0.573 e. The molecule has 0 fully saturated rings. The van der Waals surface area contributed by atoms with Crippen LogP contribution >= 0.6 is 11.3 Å². The molecule has 0 aliphatic carbocycles. The van der Waals surface area contributed by atoms with Crippen LogP contribution in [0.15, 0.2) is 52.7 Å². The summed E-state index contributed by atoms with van der Waals surface area (Å²) in [6.45, 7) is 2.01. The van der Waals surface area contributed by atoms with E-state index in [4.69, 9.17) is 0 Å². The number of thiophene rings is 1. The Balaban J connectivity index is 1.70. The second-order valence-electron chi connectivity index (χ2n) is 5.76. The lowest BCUT2D eigenvalue weighted by molar-refractivity contribution is -0.275. The first-order valence-corrected chi connectivity index (χ1v) is 10.4. The summed E-state index contributed by atoms with van der Waals surface area (Å²) in [6.07, 6.45) is -4.99. The van der Waals surface area contributed by atoms with Gasteiger partial charge in [0, 0.05) is 12.2 Å². The van der Waals surface area contributed by atoms with Crippen LogP contribution in [0.25, 0.3) is 10.6 Å². The first-order chi connectivity index (χ1) is 13.2. The summed E-state index contributed by atoms with van der Waals surface area (Å²) in [5.41, 5.74) is 1.61. The van der Waals surface area contributed by atoms with Gasteiger partial charge in [0.2, 0.25) is 10.0 Å². The van der Waals surface area contributed by atoms with Gasteiger partial charge in [-0.1, -0.05) is 18.2 Å². The first-order valence-electron chi connectivity index (χ1n) is 8.08. The number of nitrogens with zero attached hydrogens (tertiary/aromatic N) is 2. The normalized spacial score (nSPS) is 12.3. The molecule has 0 aliphatic heterocycles. The third-order valence-electron chi connectivity index (χ3n) is 3.73. The zero-order valence-electron chi connectivity index (χ0n) is 14.6. The number of para-hydroxylation sites is 1. The molecule has 0 atom stereocenters. The SMILES string of the molecule is Cc1cc(-c2cccs2)nn1CCNS(=O)(=O)c1ccccc1OC(F)(F)F.